The monoisotopic (exact) mass is 204 g/mol. The molecule has 0 aliphatic carbocycles. The molecular weight excluding hydrogens is 192 g/mol. The van der Waals surface area contributed by atoms with Gasteiger partial charge in [0.2, 0.25) is 0 Å². The van der Waals surface area contributed by atoms with E-state index in [9.17, 15) is 0 Å². The maximum atomic E-state index is 4.21. The average molecular weight is 204 g/mol. The fourth-order valence-corrected chi connectivity index (χ4v) is 1.30. The summed E-state index contributed by atoms with van der Waals surface area (Å²) in [5, 5.41) is 14.0. The summed E-state index contributed by atoms with van der Waals surface area (Å²) in [6.07, 6.45) is 3.43. The van der Waals surface area contributed by atoms with Crippen LogP contribution in [-0.4, -0.2) is 32.2 Å². The van der Waals surface area contributed by atoms with Gasteiger partial charge in [-0.25, -0.2) is 9.67 Å². The topological polar surface area (TPSA) is 68.5 Å². The molecule has 0 atom stereocenters. The molecular formula is C9H12N6. The molecule has 1 N–H and O–H groups in total. The Kier molecular flexibility index (Phi) is 2.57. The van der Waals surface area contributed by atoms with Gasteiger partial charge in [-0.3, -0.25) is 0 Å². The lowest BCUT2D eigenvalue weighted by Crippen LogP contribution is -2.04. The van der Waals surface area contributed by atoms with E-state index in [0.717, 1.165) is 16.9 Å². The maximum absolute atomic E-state index is 4.21. The van der Waals surface area contributed by atoms with Gasteiger partial charge in [-0.2, -0.15) is 0 Å². The Morgan fingerprint density at radius 2 is 2.33 bits per heavy atom. The fraction of sp³-hybridized carbons (Fsp3) is 0.333. The van der Waals surface area contributed by atoms with Crippen molar-refractivity contribution >= 4 is 5.82 Å². The van der Waals surface area contributed by atoms with Crippen molar-refractivity contribution < 1.29 is 0 Å². The summed E-state index contributed by atoms with van der Waals surface area (Å²) < 4.78 is 1.68. The number of hydrogen-bond acceptors (Lipinski definition) is 5. The Bertz CT molecular complexity index is 436. The van der Waals surface area contributed by atoms with Crippen LogP contribution in [0.3, 0.4) is 0 Å². The van der Waals surface area contributed by atoms with Crippen LogP contribution in [0.4, 0.5) is 5.82 Å². The molecule has 0 spiro atoms. The van der Waals surface area contributed by atoms with Crippen molar-refractivity contribution in [3.8, 4) is 0 Å². The molecule has 0 aliphatic rings. The fourth-order valence-electron chi connectivity index (χ4n) is 1.30. The van der Waals surface area contributed by atoms with Gasteiger partial charge in [0.25, 0.3) is 0 Å². The number of anilines is 1. The second-order valence-electron chi connectivity index (χ2n) is 3.25. The number of nitrogens with one attached hydrogen (secondary N) is 1. The van der Waals surface area contributed by atoms with Crippen LogP contribution < -0.4 is 5.32 Å². The van der Waals surface area contributed by atoms with Crippen LogP contribution in [0.5, 0.6) is 0 Å². The Labute approximate surface area is 87.3 Å². The summed E-state index contributed by atoms with van der Waals surface area (Å²) in [7, 11) is 1.85. The van der Waals surface area contributed by atoms with Gasteiger partial charge >= 0.3 is 0 Å². The van der Waals surface area contributed by atoms with Crippen LogP contribution in [0.2, 0.25) is 0 Å². The Morgan fingerprint density at radius 1 is 1.47 bits per heavy atom. The lowest BCUT2D eigenvalue weighted by atomic mass is 10.1. The van der Waals surface area contributed by atoms with E-state index in [0.29, 0.717) is 6.54 Å². The lowest BCUT2D eigenvalue weighted by molar-refractivity contribution is 0.645. The molecule has 0 saturated carbocycles. The van der Waals surface area contributed by atoms with Crippen LogP contribution in [0, 0.1) is 6.92 Å². The molecule has 2 heterocycles. The van der Waals surface area contributed by atoms with Gasteiger partial charge in [-0.1, -0.05) is 0 Å². The number of rotatable bonds is 3. The van der Waals surface area contributed by atoms with Gasteiger partial charge < -0.3 is 5.32 Å². The summed E-state index contributed by atoms with van der Waals surface area (Å²) in [5.74, 6) is 0.851. The summed E-state index contributed by atoms with van der Waals surface area (Å²) >= 11 is 0. The van der Waals surface area contributed by atoms with Crippen LogP contribution in [0.15, 0.2) is 18.6 Å². The van der Waals surface area contributed by atoms with Crippen LogP contribution in [-0.2, 0) is 6.54 Å². The van der Waals surface area contributed by atoms with Crippen LogP contribution in [0.25, 0.3) is 0 Å². The molecule has 6 heteroatoms. The van der Waals surface area contributed by atoms with Crippen molar-refractivity contribution in [2.75, 3.05) is 12.4 Å². The third-order valence-corrected chi connectivity index (χ3v) is 2.19. The van der Waals surface area contributed by atoms with Crippen LogP contribution >= 0.6 is 0 Å². The summed E-state index contributed by atoms with van der Waals surface area (Å²) in [4.78, 5) is 4.21. The van der Waals surface area contributed by atoms with Gasteiger partial charge in [-0.05, 0) is 34.5 Å². The van der Waals surface area contributed by atoms with Crippen molar-refractivity contribution in [3.05, 3.63) is 29.7 Å². The van der Waals surface area contributed by atoms with E-state index in [1.807, 2.05) is 26.2 Å². The zero-order valence-electron chi connectivity index (χ0n) is 8.68. The molecule has 0 saturated heterocycles. The minimum absolute atomic E-state index is 0.663. The molecule has 6 nitrogen and oxygen atoms in total. The Balaban J connectivity index is 2.27. The van der Waals surface area contributed by atoms with E-state index < -0.39 is 0 Å². The van der Waals surface area contributed by atoms with Crippen molar-refractivity contribution in [2.24, 2.45) is 0 Å². The highest BCUT2D eigenvalue weighted by molar-refractivity contribution is 5.40. The van der Waals surface area contributed by atoms with E-state index in [1.54, 1.807) is 11.0 Å². The van der Waals surface area contributed by atoms with Crippen molar-refractivity contribution in [1.82, 2.24) is 25.2 Å². The Hall–Kier alpha value is -1.98. The quantitative estimate of drug-likeness (QED) is 0.787. The zero-order valence-corrected chi connectivity index (χ0v) is 8.68. The Morgan fingerprint density at radius 3 is 3.00 bits per heavy atom. The third-order valence-electron chi connectivity index (χ3n) is 2.19. The third kappa shape index (κ3) is 2.09. The van der Waals surface area contributed by atoms with E-state index in [1.165, 1.54) is 0 Å². The molecule has 0 radical (unpaired) electrons. The summed E-state index contributed by atoms with van der Waals surface area (Å²) in [6, 6.07) is 2.00. The molecule has 15 heavy (non-hydrogen) atoms. The van der Waals surface area contributed by atoms with Gasteiger partial charge in [0, 0.05) is 13.2 Å². The first-order valence-corrected chi connectivity index (χ1v) is 4.63. The lowest BCUT2D eigenvalue weighted by Gasteiger charge is -2.06. The van der Waals surface area contributed by atoms with Crippen LogP contribution in [0.1, 0.15) is 11.1 Å². The van der Waals surface area contributed by atoms with E-state index >= 15 is 0 Å². The summed E-state index contributed by atoms with van der Waals surface area (Å²) in [6.45, 7) is 2.68. The van der Waals surface area contributed by atoms with E-state index in [2.05, 4.69) is 25.8 Å². The van der Waals surface area contributed by atoms with Gasteiger partial charge in [0.1, 0.15) is 12.1 Å². The first-order chi connectivity index (χ1) is 7.29. The normalized spacial score (nSPS) is 10.3. The number of pyridine rings is 1. The smallest absolute Gasteiger partial charge is 0.138 e. The maximum Gasteiger partial charge on any atom is 0.138 e. The van der Waals surface area contributed by atoms with Gasteiger partial charge in [0.15, 0.2) is 0 Å². The highest BCUT2D eigenvalue weighted by Crippen LogP contribution is 2.12. The van der Waals surface area contributed by atoms with Crippen molar-refractivity contribution in [1.29, 1.82) is 0 Å². The predicted molar refractivity (Wildman–Crippen MR) is 55.4 cm³/mol. The highest BCUT2D eigenvalue weighted by atomic mass is 15.5. The number of hydrogen-bond donors (Lipinski definition) is 1. The first kappa shape index (κ1) is 9.57. The standard InChI is InChI=1S/C9H12N6/c1-7-4-11-9(10-2)3-8(7)5-15-6-12-13-14-15/h3-4,6H,5H2,1-2H3,(H,10,11). The minimum Gasteiger partial charge on any atom is -0.373 e. The van der Waals surface area contributed by atoms with E-state index in [4.69, 9.17) is 0 Å². The molecule has 2 aromatic heterocycles. The van der Waals surface area contributed by atoms with Gasteiger partial charge in [0.05, 0.1) is 6.54 Å². The SMILES string of the molecule is CNc1cc(Cn2cnnn2)c(C)cn1. The molecule has 78 valence electrons. The van der Waals surface area contributed by atoms with Crippen molar-refractivity contribution in [2.45, 2.75) is 13.5 Å². The van der Waals surface area contributed by atoms with E-state index in [-0.39, 0.29) is 0 Å². The molecule has 0 unspecified atom stereocenters. The molecule has 2 aromatic rings. The molecule has 0 aliphatic heterocycles. The second kappa shape index (κ2) is 4.04. The highest BCUT2D eigenvalue weighted by Gasteiger charge is 2.02. The molecule has 0 aromatic carbocycles. The van der Waals surface area contributed by atoms with Gasteiger partial charge in [-0.15, -0.1) is 5.10 Å². The summed E-state index contributed by atoms with van der Waals surface area (Å²) in [5.41, 5.74) is 2.28. The minimum atomic E-state index is 0.663. The van der Waals surface area contributed by atoms with Crippen molar-refractivity contribution in [3.63, 3.8) is 0 Å². The molecule has 0 fully saturated rings. The molecule has 0 amide bonds. The number of aromatic nitrogens is 5. The number of nitrogens with zero attached hydrogens (tertiary/aromatic N) is 5. The zero-order chi connectivity index (χ0) is 10.7. The second-order valence-corrected chi connectivity index (χ2v) is 3.25. The molecule has 2 rings (SSSR count). The predicted octanol–water partition coefficient (Wildman–Crippen LogP) is 0.467. The largest absolute Gasteiger partial charge is 0.373 e. The average Bonchev–Trinajstić information content (AvgIpc) is 2.74. The molecule has 0 bridgehead atoms. The first-order valence-electron chi connectivity index (χ1n) is 4.63. The number of tetrazole rings is 1. The number of aryl methyl sites for hydroxylation is 1.